The molecule has 3 atom stereocenters. The van der Waals surface area contributed by atoms with Crippen LogP contribution in [0.15, 0.2) is 72.0 Å². The number of ether oxygens (including phenoxy) is 1. The van der Waals surface area contributed by atoms with Crippen LogP contribution in [-0.4, -0.2) is 96.8 Å². The molecule has 14 heteroatoms. The fourth-order valence-electron chi connectivity index (χ4n) is 7.14. The second kappa shape index (κ2) is 12.4. The maximum absolute atomic E-state index is 14.4. The molecule has 1 amide bonds. The van der Waals surface area contributed by atoms with Gasteiger partial charge in [-0.25, -0.2) is 29.0 Å². The third-order valence-corrected chi connectivity index (χ3v) is 10.2. The lowest BCUT2D eigenvalue weighted by Crippen LogP contribution is -2.47. The molecule has 1 saturated heterocycles. The number of aryl methyl sites for hydroxylation is 1. The van der Waals surface area contributed by atoms with E-state index in [2.05, 4.69) is 26.0 Å². The van der Waals surface area contributed by atoms with Gasteiger partial charge >= 0.3 is 0 Å². The standard InChI is InChI=1S/C35H35FN10O2S/c1-20-40-27-9-5-7-24-26-8-6-10-31(42-26)41-22-14-29(35(47)43(2)17-23(48-3)18-44(20)32(24)27)45(16-22)33-25-15-39-46(34(25)38-19-37-33)28-12-11-21(36)13-30(28)49-4/h5-13,15,19,22-23,29H,14,16-18H2,1-4H3,(H,41,42)/t22-,23?,29-/m0/s1. The summed E-state index contributed by atoms with van der Waals surface area (Å²) in [4.78, 5) is 38.1. The number of imidazole rings is 1. The Balaban J connectivity index is 1.22. The molecule has 12 nitrogen and oxygen atoms in total. The molecule has 250 valence electrons. The van der Waals surface area contributed by atoms with Crippen molar-refractivity contribution >= 4 is 51.4 Å². The molecule has 0 saturated carbocycles. The summed E-state index contributed by atoms with van der Waals surface area (Å²) in [6, 6.07) is 16.0. The van der Waals surface area contributed by atoms with Gasteiger partial charge in [0.25, 0.3) is 0 Å². The molecule has 2 aliphatic rings. The molecular weight excluding hydrogens is 644 g/mol. The Morgan fingerprint density at radius 3 is 2.73 bits per heavy atom. The third kappa shape index (κ3) is 5.44. The highest BCUT2D eigenvalue weighted by atomic mass is 32.2. The molecule has 1 fully saturated rings. The van der Waals surface area contributed by atoms with Crippen LogP contribution in [-0.2, 0) is 16.1 Å². The molecule has 0 spiro atoms. The zero-order chi connectivity index (χ0) is 33.8. The van der Waals surface area contributed by atoms with E-state index in [1.807, 2.05) is 55.5 Å². The van der Waals surface area contributed by atoms with Gasteiger partial charge in [-0.1, -0.05) is 18.2 Å². The number of pyridine rings is 1. The average molecular weight is 679 g/mol. The summed E-state index contributed by atoms with van der Waals surface area (Å²) in [6.45, 7) is 3.37. The van der Waals surface area contributed by atoms with E-state index in [1.54, 1.807) is 29.0 Å². The summed E-state index contributed by atoms with van der Waals surface area (Å²) in [5, 5.41) is 8.98. The SMILES string of the molecule is COC1CN(C)C(=O)[C@@H]2C[C@@H](CN2c2ncnc3c2cnn3-c2ccc(F)cc2SC)Nc2cccc(n2)-c2cccc3nc(C)n(c23)C1. The number of benzene rings is 2. The number of halogens is 1. The van der Waals surface area contributed by atoms with Gasteiger partial charge < -0.3 is 24.4 Å². The number of likely N-dealkylation sites (N-methyl/N-ethyl adjacent to an activating group) is 1. The number of rotatable bonds is 4. The Hall–Kier alpha value is -5.08. The molecule has 1 unspecified atom stereocenters. The second-order valence-electron chi connectivity index (χ2n) is 12.5. The molecular formula is C35H35FN10O2S. The summed E-state index contributed by atoms with van der Waals surface area (Å²) >= 11 is 1.43. The Labute approximate surface area is 286 Å². The summed E-state index contributed by atoms with van der Waals surface area (Å²) in [6.07, 6.45) is 5.34. The van der Waals surface area contributed by atoms with Crippen molar-refractivity contribution in [2.45, 2.75) is 43.0 Å². The first kappa shape index (κ1) is 31.2. The highest BCUT2D eigenvalue weighted by Crippen LogP contribution is 2.35. The Bertz CT molecular complexity index is 2220. The van der Waals surface area contributed by atoms with Crippen LogP contribution < -0.4 is 10.2 Å². The molecule has 6 heterocycles. The topological polar surface area (TPSA) is 119 Å². The summed E-state index contributed by atoms with van der Waals surface area (Å²) in [7, 11) is 3.50. The first-order valence-corrected chi connectivity index (χ1v) is 17.3. The van der Waals surface area contributed by atoms with Gasteiger partial charge in [0.05, 0.1) is 46.6 Å². The average Bonchev–Trinajstić information content (AvgIpc) is 3.82. The van der Waals surface area contributed by atoms with Crippen molar-refractivity contribution < 1.29 is 13.9 Å². The van der Waals surface area contributed by atoms with Crippen LogP contribution in [0.3, 0.4) is 0 Å². The monoisotopic (exact) mass is 678 g/mol. The number of anilines is 2. The van der Waals surface area contributed by atoms with Crippen molar-refractivity contribution in [3.63, 3.8) is 0 Å². The van der Waals surface area contributed by atoms with Crippen molar-refractivity contribution in [1.29, 1.82) is 0 Å². The van der Waals surface area contributed by atoms with Gasteiger partial charge in [-0.3, -0.25) is 4.79 Å². The summed E-state index contributed by atoms with van der Waals surface area (Å²) < 4.78 is 23.9. The normalized spacial score (nSPS) is 19.7. The van der Waals surface area contributed by atoms with Crippen molar-refractivity contribution in [2.24, 2.45) is 0 Å². The van der Waals surface area contributed by atoms with Crippen LogP contribution in [0.1, 0.15) is 12.2 Å². The van der Waals surface area contributed by atoms with Crippen LogP contribution >= 0.6 is 11.8 Å². The number of aromatic nitrogens is 7. The Morgan fingerprint density at radius 2 is 1.90 bits per heavy atom. The number of hydrogen-bond acceptors (Lipinski definition) is 10. The number of amides is 1. The minimum Gasteiger partial charge on any atom is -0.378 e. The maximum Gasteiger partial charge on any atom is 0.245 e. The number of hydrogen-bond donors (Lipinski definition) is 1. The van der Waals surface area contributed by atoms with Crippen molar-refractivity contribution in [2.75, 3.05) is 43.7 Å². The molecule has 2 aliphatic heterocycles. The first-order chi connectivity index (χ1) is 23.8. The lowest BCUT2D eigenvalue weighted by molar-refractivity contribution is -0.132. The van der Waals surface area contributed by atoms with Crippen LogP contribution in [0.25, 0.3) is 39.0 Å². The lowest BCUT2D eigenvalue weighted by Gasteiger charge is -2.30. The number of carbonyl (C=O) groups excluding carboxylic acids is 1. The van der Waals surface area contributed by atoms with Gasteiger partial charge in [-0.2, -0.15) is 5.10 Å². The van der Waals surface area contributed by atoms with E-state index in [4.69, 9.17) is 19.7 Å². The minimum atomic E-state index is -0.527. The zero-order valence-electron chi connectivity index (χ0n) is 27.5. The minimum absolute atomic E-state index is 0.0433. The van der Waals surface area contributed by atoms with Gasteiger partial charge in [0.15, 0.2) is 5.65 Å². The van der Waals surface area contributed by atoms with Gasteiger partial charge in [0.2, 0.25) is 5.91 Å². The van der Waals surface area contributed by atoms with Crippen molar-refractivity contribution in [3.8, 4) is 16.9 Å². The molecule has 4 aromatic heterocycles. The molecule has 0 radical (unpaired) electrons. The molecule has 2 aromatic carbocycles. The van der Waals surface area contributed by atoms with Gasteiger partial charge in [0.1, 0.15) is 35.6 Å². The highest BCUT2D eigenvalue weighted by molar-refractivity contribution is 7.98. The van der Waals surface area contributed by atoms with Crippen LogP contribution in [0.5, 0.6) is 0 Å². The second-order valence-corrected chi connectivity index (χ2v) is 13.3. The molecule has 8 rings (SSSR count). The molecule has 49 heavy (non-hydrogen) atoms. The number of methoxy groups -OCH3 is 1. The largest absolute Gasteiger partial charge is 0.378 e. The van der Waals surface area contributed by atoms with E-state index in [9.17, 15) is 9.18 Å². The number of fused-ring (bicyclic) bond motifs is 6. The number of carbonyl (C=O) groups is 1. The van der Waals surface area contributed by atoms with E-state index < -0.39 is 6.04 Å². The quantitative estimate of drug-likeness (QED) is 0.257. The predicted octanol–water partition coefficient (Wildman–Crippen LogP) is 4.94. The molecule has 1 N–H and O–H groups in total. The van der Waals surface area contributed by atoms with Gasteiger partial charge in [-0.15, -0.1) is 11.8 Å². The summed E-state index contributed by atoms with van der Waals surface area (Å²) in [5.74, 6) is 1.82. The molecule has 6 aromatic rings. The number of nitrogens with one attached hydrogen (secondary N) is 1. The first-order valence-electron chi connectivity index (χ1n) is 16.1. The van der Waals surface area contributed by atoms with Gasteiger partial charge in [-0.05, 0) is 56.0 Å². The van der Waals surface area contributed by atoms with E-state index in [0.717, 1.165) is 38.8 Å². The zero-order valence-corrected chi connectivity index (χ0v) is 28.4. The lowest BCUT2D eigenvalue weighted by atomic mass is 10.1. The number of para-hydroxylation sites is 1. The van der Waals surface area contributed by atoms with E-state index in [0.29, 0.717) is 48.6 Å². The van der Waals surface area contributed by atoms with Crippen molar-refractivity contribution in [1.82, 2.24) is 39.2 Å². The van der Waals surface area contributed by atoms with E-state index >= 15 is 0 Å². The maximum atomic E-state index is 14.4. The van der Waals surface area contributed by atoms with Crippen LogP contribution in [0.4, 0.5) is 16.0 Å². The fourth-order valence-corrected chi connectivity index (χ4v) is 7.73. The van der Waals surface area contributed by atoms with E-state index in [1.165, 1.54) is 30.2 Å². The van der Waals surface area contributed by atoms with E-state index in [-0.39, 0.29) is 23.9 Å². The Morgan fingerprint density at radius 1 is 1.04 bits per heavy atom. The third-order valence-electron chi connectivity index (χ3n) is 9.48. The molecule has 0 aliphatic carbocycles. The predicted molar refractivity (Wildman–Crippen MR) is 188 cm³/mol. The highest BCUT2D eigenvalue weighted by Gasteiger charge is 2.41. The molecule has 4 bridgehead atoms. The van der Waals surface area contributed by atoms with Crippen LogP contribution in [0, 0.1) is 12.7 Å². The fraction of sp³-hybridized carbons (Fsp3) is 0.314. The number of thioether (sulfide) groups is 1. The van der Waals surface area contributed by atoms with Gasteiger partial charge in [0, 0.05) is 43.7 Å². The summed E-state index contributed by atoms with van der Waals surface area (Å²) in [5.41, 5.74) is 4.97. The Kier molecular flexibility index (Phi) is 7.91. The van der Waals surface area contributed by atoms with Crippen molar-refractivity contribution in [3.05, 3.63) is 78.8 Å². The van der Waals surface area contributed by atoms with Crippen LogP contribution in [0.2, 0.25) is 0 Å². The smallest absolute Gasteiger partial charge is 0.245 e. The number of nitrogens with zero attached hydrogens (tertiary/aromatic N) is 9.